The third-order valence-electron chi connectivity index (χ3n) is 2.37. The Morgan fingerprint density at radius 2 is 2.06 bits per heavy atom. The van der Waals surface area contributed by atoms with E-state index in [9.17, 15) is 13.6 Å². The summed E-state index contributed by atoms with van der Waals surface area (Å²) in [6.45, 7) is 1.36. The van der Waals surface area contributed by atoms with E-state index in [1.165, 1.54) is 32.2 Å². The molecule has 1 unspecified atom stereocenters. The minimum Gasteiger partial charge on any atom is -0.496 e. The number of methoxy groups -OCH3 is 1. The lowest BCUT2D eigenvalue weighted by Crippen LogP contribution is -2.11. The monoisotopic (exact) mass is 230 g/mol. The molecule has 0 aliphatic carbocycles. The SMILES string of the molecule is COc1cccc(C(C)C(=O)O)c1C(F)F. The number of rotatable bonds is 4. The molecular weight excluding hydrogens is 218 g/mol. The van der Waals surface area contributed by atoms with E-state index in [4.69, 9.17) is 9.84 Å². The topological polar surface area (TPSA) is 46.5 Å². The first-order chi connectivity index (χ1) is 7.49. The summed E-state index contributed by atoms with van der Waals surface area (Å²) in [6.07, 6.45) is -2.76. The van der Waals surface area contributed by atoms with Crippen LogP contribution in [-0.4, -0.2) is 18.2 Å². The van der Waals surface area contributed by atoms with Crippen molar-refractivity contribution in [2.24, 2.45) is 0 Å². The van der Waals surface area contributed by atoms with E-state index in [0.717, 1.165) is 0 Å². The molecule has 1 atom stereocenters. The van der Waals surface area contributed by atoms with Gasteiger partial charge in [0, 0.05) is 0 Å². The van der Waals surface area contributed by atoms with E-state index in [1.54, 1.807) is 0 Å². The first-order valence-corrected chi connectivity index (χ1v) is 4.66. The van der Waals surface area contributed by atoms with Crippen molar-refractivity contribution in [2.75, 3.05) is 7.11 Å². The van der Waals surface area contributed by atoms with Crippen LogP contribution >= 0.6 is 0 Å². The number of hydrogen-bond donors (Lipinski definition) is 1. The number of hydrogen-bond acceptors (Lipinski definition) is 2. The van der Waals surface area contributed by atoms with Gasteiger partial charge in [-0.05, 0) is 18.6 Å². The molecule has 0 saturated heterocycles. The Kier molecular flexibility index (Phi) is 3.82. The van der Waals surface area contributed by atoms with Gasteiger partial charge in [0.1, 0.15) is 5.75 Å². The van der Waals surface area contributed by atoms with E-state index in [2.05, 4.69) is 0 Å². The van der Waals surface area contributed by atoms with E-state index in [1.807, 2.05) is 0 Å². The second-order valence-electron chi connectivity index (χ2n) is 3.32. The summed E-state index contributed by atoms with van der Waals surface area (Å²) in [5.41, 5.74) is -0.262. The normalized spacial score (nSPS) is 12.6. The predicted molar refractivity (Wildman–Crippen MR) is 54.0 cm³/mol. The molecule has 5 heteroatoms. The van der Waals surface area contributed by atoms with Crippen LogP contribution in [0.5, 0.6) is 5.75 Å². The van der Waals surface area contributed by atoms with Crippen LogP contribution in [0.4, 0.5) is 8.78 Å². The van der Waals surface area contributed by atoms with Crippen molar-refractivity contribution < 1.29 is 23.4 Å². The van der Waals surface area contributed by atoms with Gasteiger partial charge in [-0.1, -0.05) is 12.1 Å². The fraction of sp³-hybridized carbons (Fsp3) is 0.364. The summed E-state index contributed by atoms with van der Waals surface area (Å²) in [7, 11) is 1.27. The molecule has 0 fully saturated rings. The Morgan fingerprint density at radius 1 is 1.44 bits per heavy atom. The molecule has 0 bridgehead atoms. The quantitative estimate of drug-likeness (QED) is 0.865. The summed E-state index contributed by atoms with van der Waals surface area (Å²) in [6, 6.07) is 4.27. The molecule has 3 nitrogen and oxygen atoms in total. The van der Waals surface area contributed by atoms with Crippen molar-refractivity contribution in [3.63, 3.8) is 0 Å². The molecule has 1 aromatic carbocycles. The molecule has 1 rings (SSSR count). The highest BCUT2D eigenvalue weighted by Crippen LogP contribution is 2.35. The maximum absolute atomic E-state index is 12.8. The Morgan fingerprint density at radius 3 is 2.50 bits per heavy atom. The number of carboxylic acid groups (broad SMARTS) is 1. The average molecular weight is 230 g/mol. The van der Waals surface area contributed by atoms with E-state index in [-0.39, 0.29) is 16.9 Å². The van der Waals surface area contributed by atoms with Crippen molar-refractivity contribution in [1.82, 2.24) is 0 Å². The summed E-state index contributed by atoms with van der Waals surface area (Å²) in [5.74, 6) is -2.12. The number of ether oxygens (including phenoxy) is 1. The molecular formula is C11H12F2O3. The van der Waals surface area contributed by atoms with Crippen LogP contribution in [0, 0.1) is 0 Å². The maximum Gasteiger partial charge on any atom is 0.310 e. The smallest absolute Gasteiger partial charge is 0.310 e. The fourth-order valence-electron chi connectivity index (χ4n) is 1.48. The Bertz CT molecular complexity index is 391. The van der Waals surface area contributed by atoms with Gasteiger partial charge < -0.3 is 9.84 Å². The molecule has 0 spiro atoms. The molecule has 0 aliphatic heterocycles. The van der Waals surface area contributed by atoms with Crippen molar-refractivity contribution in [3.8, 4) is 5.75 Å². The van der Waals surface area contributed by atoms with Gasteiger partial charge in [-0.25, -0.2) is 8.78 Å². The molecule has 1 aromatic rings. The third-order valence-corrected chi connectivity index (χ3v) is 2.37. The standard InChI is InChI=1S/C11H12F2O3/c1-6(11(14)15)7-4-3-5-8(16-2)9(7)10(12)13/h3-6,10H,1-2H3,(H,14,15). The summed E-state index contributed by atoms with van der Waals surface area (Å²) in [5, 5.41) is 8.82. The van der Waals surface area contributed by atoms with Gasteiger partial charge in [0.15, 0.2) is 0 Å². The number of carbonyl (C=O) groups is 1. The van der Waals surface area contributed by atoms with E-state index >= 15 is 0 Å². The van der Waals surface area contributed by atoms with Crippen molar-refractivity contribution in [1.29, 1.82) is 0 Å². The average Bonchev–Trinajstić information content (AvgIpc) is 2.26. The van der Waals surface area contributed by atoms with Gasteiger partial charge in [-0.15, -0.1) is 0 Å². The molecule has 0 aromatic heterocycles. The largest absolute Gasteiger partial charge is 0.496 e. The van der Waals surface area contributed by atoms with Crippen LogP contribution in [0.2, 0.25) is 0 Å². The minimum atomic E-state index is -2.76. The zero-order valence-electron chi connectivity index (χ0n) is 8.91. The summed E-state index contributed by atoms with van der Waals surface area (Å²) >= 11 is 0. The number of carboxylic acids is 1. The molecule has 88 valence electrons. The number of halogens is 2. The second kappa shape index (κ2) is 4.92. The van der Waals surface area contributed by atoms with Crippen LogP contribution in [0.25, 0.3) is 0 Å². The maximum atomic E-state index is 12.8. The lowest BCUT2D eigenvalue weighted by Gasteiger charge is -2.15. The fourth-order valence-corrected chi connectivity index (χ4v) is 1.48. The van der Waals surface area contributed by atoms with Gasteiger partial charge in [0.25, 0.3) is 6.43 Å². The van der Waals surface area contributed by atoms with Gasteiger partial charge in [0.05, 0.1) is 18.6 Å². The Labute approximate surface area is 91.7 Å². The van der Waals surface area contributed by atoms with Crippen LogP contribution in [-0.2, 0) is 4.79 Å². The van der Waals surface area contributed by atoms with E-state index in [0.29, 0.717) is 0 Å². The lowest BCUT2D eigenvalue weighted by molar-refractivity contribution is -0.138. The summed E-state index contributed by atoms with van der Waals surface area (Å²) in [4.78, 5) is 10.8. The van der Waals surface area contributed by atoms with E-state index < -0.39 is 18.3 Å². The van der Waals surface area contributed by atoms with Gasteiger partial charge in [-0.3, -0.25) is 4.79 Å². The van der Waals surface area contributed by atoms with Crippen molar-refractivity contribution in [2.45, 2.75) is 19.3 Å². The van der Waals surface area contributed by atoms with Crippen LogP contribution < -0.4 is 4.74 Å². The number of benzene rings is 1. The van der Waals surface area contributed by atoms with Crippen molar-refractivity contribution in [3.05, 3.63) is 29.3 Å². The van der Waals surface area contributed by atoms with Gasteiger partial charge >= 0.3 is 5.97 Å². The number of alkyl halides is 2. The molecule has 16 heavy (non-hydrogen) atoms. The Hall–Kier alpha value is -1.65. The highest BCUT2D eigenvalue weighted by atomic mass is 19.3. The summed E-state index contributed by atoms with van der Waals surface area (Å²) < 4.78 is 30.5. The van der Waals surface area contributed by atoms with Gasteiger partial charge in [0.2, 0.25) is 0 Å². The molecule has 0 saturated carbocycles. The second-order valence-corrected chi connectivity index (χ2v) is 3.32. The van der Waals surface area contributed by atoms with Crippen LogP contribution in [0.1, 0.15) is 30.4 Å². The third kappa shape index (κ3) is 2.29. The minimum absolute atomic E-state index is 0.0144. The van der Waals surface area contributed by atoms with Gasteiger partial charge in [-0.2, -0.15) is 0 Å². The zero-order chi connectivity index (χ0) is 12.3. The zero-order valence-corrected chi connectivity index (χ0v) is 8.91. The predicted octanol–water partition coefficient (Wildman–Crippen LogP) is 2.82. The van der Waals surface area contributed by atoms with Crippen molar-refractivity contribution >= 4 is 5.97 Å². The van der Waals surface area contributed by atoms with Crippen LogP contribution in [0.3, 0.4) is 0 Å². The Balaban J connectivity index is 3.32. The highest BCUT2D eigenvalue weighted by molar-refractivity contribution is 5.76. The highest BCUT2D eigenvalue weighted by Gasteiger charge is 2.25. The number of aliphatic carboxylic acids is 1. The lowest BCUT2D eigenvalue weighted by atomic mass is 9.95. The molecule has 0 heterocycles. The molecule has 0 aliphatic rings. The first-order valence-electron chi connectivity index (χ1n) is 4.66. The first kappa shape index (κ1) is 12.4. The molecule has 0 amide bonds. The molecule has 1 N–H and O–H groups in total. The van der Waals surface area contributed by atoms with Crippen LogP contribution in [0.15, 0.2) is 18.2 Å². The molecule has 0 radical (unpaired) electrons.